The number of nitrogens with one attached hydrogen (secondary N) is 1. The molecule has 0 saturated heterocycles. The second-order valence-electron chi connectivity index (χ2n) is 3.47. The molecule has 1 atom stereocenters. The Balaban J connectivity index is 2.90. The summed E-state index contributed by atoms with van der Waals surface area (Å²) >= 11 is 0. The first-order valence-corrected chi connectivity index (χ1v) is 4.85. The van der Waals surface area contributed by atoms with Gasteiger partial charge in [-0.2, -0.15) is 0 Å². The molecule has 94 valence electrons. The highest BCUT2D eigenvalue weighted by atomic mass is 19.1. The number of rotatable bonds is 5. The van der Waals surface area contributed by atoms with E-state index in [2.05, 4.69) is 5.32 Å². The third-order valence-electron chi connectivity index (χ3n) is 2.21. The maximum atomic E-state index is 13.4. The average molecular weight is 246 g/mol. The first kappa shape index (κ1) is 13.3. The van der Waals surface area contributed by atoms with Crippen LogP contribution in [0.2, 0.25) is 0 Å². The Bertz CT molecular complexity index is 403. The summed E-state index contributed by atoms with van der Waals surface area (Å²) in [4.78, 5) is 9.51. The molecule has 0 spiro atoms. The van der Waals surface area contributed by atoms with Gasteiger partial charge in [0.15, 0.2) is 11.6 Å². The lowest BCUT2D eigenvalue weighted by Gasteiger charge is -2.12. The lowest BCUT2D eigenvalue weighted by atomic mass is 10.2. The van der Waals surface area contributed by atoms with Crippen molar-refractivity contribution in [3.05, 3.63) is 33.9 Å². The van der Waals surface area contributed by atoms with Gasteiger partial charge < -0.3 is 10.1 Å². The molecule has 1 aromatic rings. The molecule has 1 aromatic carbocycles. The Morgan fingerprint density at radius 1 is 1.47 bits per heavy atom. The summed E-state index contributed by atoms with van der Waals surface area (Å²) in [5.74, 6) is -2.00. The SMILES string of the molecule is COC(C)CNc1c(F)cc([N+](=O)[O-])cc1F. The zero-order chi connectivity index (χ0) is 13.0. The highest BCUT2D eigenvalue weighted by molar-refractivity contribution is 5.51. The molecule has 0 radical (unpaired) electrons. The average Bonchev–Trinajstić information content (AvgIpc) is 2.27. The highest BCUT2D eigenvalue weighted by Gasteiger charge is 2.17. The van der Waals surface area contributed by atoms with Crippen LogP contribution in [-0.2, 0) is 4.74 Å². The third kappa shape index (κ3) is 3.35. The number of benzene rings is 1. The zero-order valence-electron chi connectivity index (χ0n) is 9.37. The van der Waals surface area contributed by atoms with Crippen LogP contribution in [0.1, 0.15) is 6.92 Å². The fourth-order valence-corrected chi connectivity index (χ4v) is 1.16. The summed E-state index contributed by atoms with van der Waals surface area (Å²) in [5, 5.41) is 12.9. The van der Waals surface area contributed by atoms with Crippen LogP contribution in [0.3, 0.4) is 0 Å². The molecular formula is C10H12F2N2O3. The highest BCUT2D eigenvalue weighted by Crippen LogP contribution is 2.24. The summed E-state index contributed by atoms with van der Waals surface area (Å²) < 4.78 is 31.7. The molecule has 1 unspecified atom stereocenters. The quantitative estimate of drug-likeness (QED) is 0.639. The van der Waals surface area contributed by atoms with Crippen molar-refractivity contribution < 1.29 is 18.4 Å². The predicted molar refractivity (Wildman–Crippen MR) is 58.0 cm³/mol. The van der Waals surface area contributed by atoms with Crippen molar-refractivity contribution in [3.63, 3.8) is 0 Å². The van der Waals surface area contributed by atoms with Crippen LogP contribution in [0.4, 0.5) is 20.2 Å². The Morgan fingerprint density at radius 3 is 2.41 bits per heavy atom. The summed E-state index contributed by atoms with van der Waals surface area (Å²) in [7, 11) is 1.47. The Kier molecular flexibility index (Phi) is 4.33. The van der Waals surface area contributed by atoms with E-state index in [1.807, 2.05) is 0 Å². The molecular weight excluding hydrogens is 234 g/mol. The Hall–Kier alpha value is -1.76. The number of non-ortho nitro benzene ring substituents is 1. The van der Waals surface area contributed by atoms with Gasteiger partial charge in [0.1, 0.15) is 5.69 Å². The minimum Gasteiger partial charge on any atom is -0.380 e. The minimum absolute atomic E-state index is 0.197. The number of nitrogens with zero attached hydrogens (tertiary/aromatic N) is 1. The van der Waals surface area contributed by atoms with Crippen LogP contribution < -0.4 is 5.32 Å². The van der Waals surface area contributed by atoms with Gasteiger partial charge in [-0.05, 0) is 6.92 Å². The van der Waals surface area contributed by atoms with Crippen LogP contribution >= 0.6 is 0 Å². The van der Waals surface area contributed by atoms with Crippen molar-refractivity contribution in [1.82, 2.24) is 0 Å². The van der Waals surface area contributed by atoms with E-state index in [0.717, 1.165) is 0 Å². The van der Waals surface area contributed by atoms with E-state index < -0.39 is 22.2 Å². The molecule has 5 nitrogen and oxygen atoms in total. The third-order valence-corrected chi connectivity index (χ3v) is 2.21. The van der Waals surface area contributed by atoms with Crippen LogP contribution in [0, 0.1) is 21.7 Å². The molecule has 0 aliphatic rings. The van der Waals surface area contributed by atoms with Crippen molar-refractivity contribution in [2.75, 3.05) is 19.0 Å². The van der Waals surface area contributed by atoms with Gasteiger partial charge in [0.25, 0.3) is 5.69 Å². The van der Waals surface area contributed by atoms with E-state index in [1.54, 1.807) is 6.92 Å². The Morgan fingerprint density at radius 2 is 2.00 bits per heavy atom. The number of halogens is 2. The number of hydrogen-bond donors (Lipinski definition) is 1. The normalized spacial score (nSPS) is 12.2. The maximum absolute atomic E-state index is 13.4. The second-order valence-corrected chi connectivity index (χ2v) is 3.47. The smallest absolute Gasteiger partial charge is 0.275 e. The second kappa shape index (κ2) is 5.53. The molecule has 0 fully saturated rings. The first-order chi connectivity index (χ1) is 7.95. The van der Waals surface area contributed by atoms with Gasteiger partial charge in [-0.15, -0.1) is 0 Å². The van der Waals surface area contributed by atoms with Crippen molar-refractivity contribution in [2.45, 2.75) is 13.0 Å². The van der Waals surface area contributed by atoms with E-state index in [4.69, 9.17) is 4.74 Å². The van der Waals surface area contributed by atoms with E-state index in [-0.39, 0.29) is 18.3 Å². The first-order valence-electron chi connectivity index (χ1n) is 4.85. The predicted octanol–water partition coefficient (Wildman–Crippen LogP) is 2.32. The van der Waals surface area contributed by atoms with Crippen LogP contribution in [0.15, 0.2) is 12.1 Å². The van der Waals surface area contributed by atoms with E-state index >= 15 is 0 Å². The fraction of sp³-hybridized carbons (Fsp3) is 0.400. The van der Waals surface area contributed by atoms with Gasteiger partial charge in [0.05, 0.1) is 23.2 Å². The Labute approximate surface area is 96.5 Å². The van der Waals surface area contributed by atoms with E-state index in [0.29, 0.717) is 12.1 Å². The number of hydrogen-bond acceptors (Lipinski definition) is 4. The summed E-state index contributed by atoms with van der Waals surface area (Å²) in [6.45, 7) is 1.91. The number of anilines is 1. The summed E-state index contributed by atoms with van der Waals surface area (Å²) in [5.41, 5.74) is -1.01. The molecule has 0 aliphatic carbocycles. The van der Waals surface area contributed by atoms with Crippen molar-refractivity contribution >= 4 is 11.4 Å². The maximum Gasteiger partial charge on any atom is 0.275 e. The largest absolute Gasteiger partial charge is 0.380 e. The number of nitro groups is 1. The van der Waals surface area contributed by atoms with Crippen LogP contribution in [-0.4, -0.2) is 24.7 Å². The lowest BCUT2D eigenvalue weighted by molar-refractivity contribution is -0.385. The van der Waals surface area contributed by atoms with Crippen molar-refractivity contribution in [2.24, 2.45) is 0 Å². The van der Waals surface area contributed by atoms with Crippen LogP contribution in [0.25, 0.3) is 0 Å². The minimum atomic E-state index is -1.000. The molecule has 0 saturated carbocycles. The zero-order valence-corrected chi connectivity index (χ0v) is 9.37. The van der Waals surface area contributed by atoms with Crippen molar-refractivity contribution in [3.8, 4) is 0 Å². The molecule has 0 aliphatic heterocycles. The van der Waals surface area contributed by atoms with Gasteiger partial charge in [-0.25, -0.2) is 8.78 Å². The van der Waals surface area contributed by atoms with Gasteiger partial charge >= 0.3 is 0 Å². The monoisotopic (exact) mass is 246 g/mol. The molecule has 0 amide bonds. The molecule has 17 heavy (non-hydrogen) atoms. The van der Waals surface area contributed by atoms with Gasteiger partial charge in [-0.3, -0.25) is 10.1 Å². The molecule has 0 heterocycles. The fourth-order valence-electron chi connectivity index (χ4n) is 1.16. The number of methoxy groups -OCH3 is 1. The molecule has 0 aromatic heterocycles. The number of nitro benzene ring substituents is 1. The summed E-state index contributed by atoms with van der Waals surface area (Å²) in [6, 6.07) is 1.34. The standard InChI is InChI=1S/C10H12F2N2O3/c1-6(17-2)5-13-10-8(11)3-7(14(15)16)4-9(10)12/h3-4,6,13H,5H2,1-2H3. The molecule has 0 bridgehead atoms. The lowest BCUT2D eigenvalue weighted by Crippen LogP contribution is -2.19. The van der Waals surface area contributed by atoms with Gasteiger partial charge in [0, 0.05) is 13.7 Å². The molecule has 1 N–H and O–H groups in total. The topological polar surface area (TPSA) is 64.4 Å². The number of ether oxygens (including phenoxy) is 1. The summed E-state index contributed by atoms with van der Waals surface area (Å²) in [6.07, 6.45) is -0.232. The molecule has 7 heteroatoms. The van der Waals surface area contributed by atoms with E-state index in [9.17, 15) is 18.9 Å². The van der Waals surface area contributed by atoms with Gasteiger partial charge in [0.2, 0.25) is 0 Å². The van der Waals surface area contributed by atoms with Crippen molar-refractivity contribution in [1.29, 1.82) is 0 Å². The van der Waals surface area contributed by atoms with Crippen LogP contribution in [0.5, 0.6) is 0 Å². The van der Waals surface area contributed by atoms with E-state index in [1.165, 1.54) is 7.11 Å². The van der Waals surface area contributed by atoms with Gasteiger partial charge in [-0.1, -0.05) is 0 Å². The molecule has 1 rings (SSSR count).